The van der Waals surface area contributed by atoms with Gasteiger partial charge in [-0.15, -0.1) is 0 Å². The quantitative estimate of drug-likeness (QED) is 0.872. The normalized spacial score (nSPS) is 31.6. The van der Waals surface area contributed by atoms with Crippen molar-refractivity contribution in [3.8, 4) is 5.88 Å². The van der Waals surface area contributed by atoms with E-state index in [4.69, 9.17) is 9.47 Å². The third kappa shape index (κ3) is 1.87. The standard InChI is InChI=1S/C13H19N3O2/c1-14-11(9-7-8-3-4-10(9)18-8)12-13(17-2)16-6-5-15-12/h5-6,8-11,14H,3-4,7H2,1-2H3. The van der Waals surface area contributed by atoms with Gasteiger partial charge in [-0.05, 0) is 26.3 Å². The summed E-state index contributed by atoms with van der Waals surface area (Å²) in [5, 5.41) is 3.36. The first kappa shape index (κ1) is 11.9. The smallest absolute Gasteiger partial charge is 0.237 e. The van der Waals surface area contributed by atoms with Crippen LogP contribution in [0.15, 0.2) is 12.4 Å². The molecule has 4 unspecified atom stereocenters. The molecule has 2 aliphatic heterocycles. The predicted molar refractivity (Wildman–Crippen MR) is 66.4 cm³/mol. The molecule has 2 saturated heterocycles. The average molecular weight is 249 g/mol. The molecular weight excluding hydrogens is 230 g/mol. The van der Waals surface area contributed by atoms with Gasteiger partial charge in [0.15, 0.2) is 0 Å². The van der Waals surface area contributed by atoms with Crippen molar-refractivity contribution >= 4 is 0 Å². The Morgan fingerprint density at radius 2 is 2.22 bits per heavy atom. The maximum Gasteiger partial charge on any atom is 0.237 e. The Bertz CT molecular complexity index is 426. The Hall–Kier alpha value is -1.20. The number of rotatable bonds is 4. The van der Waals surface area contributed by atoms with Gasteiger partial charge in [-0.2, -0.15) is 0 Å². The van der Waals surface area contributed by atoms with Gasteiger partial charge in [-0.25, -0.2) is 4.98 Å². The van der Waals surface area contributed by atoms with Gasteiger partial charge in [0, 0.05) is 18.3 Å². The maximum atomic E-state index is 5.93. The predicted octanol–water partition coefficient (Wildman–Crippen LogP) is 1.31. The zero-order valence-corrected chi connectivity index (χ0v) is 10.8. The van der Waals surface area contributed by atoms with Crippen molar-refractivity contribution in [3.05, 3.63) is 18.1 Å². The van der Waals surface area contributed by atoms with Crippen LogP contribution in [0.1, 0.15) is 31.0 Å². The lowest BCUT2D eigenvalue weighted by Crippen LogP contribution is -2.32. The molecule has 5 heteroatoms. The number of nitrogens with zero attached hydrogens (tertiary/aromatic N) is 2. The van der Waals surface area contributed by atoms with Crippen LogP contribution in [0.4, 0.5) is 0 Å². The Morgan fingerprint density at radius 1 is 1.39 bits per heavy atom. The van der Waals surface area contributed by atoms with E-state index >= 15 is 0 Å². The van der Waals surface area contributed by atoms with E-state index in [2.05, 4.69) is 15.3 Å². The van der Waals surface area contributed by atoms with Crippen LogP contribution in [0.25, 0.3) is 0 Å². The summed E-state index contributed by atoms with van der Waals surface area (Å²) in [6.45, 7) is 0. The van der Waals surface area contributed by atoms with Gasteiger partial charge >= 0.3 is 0 Å². The first-order chi connectivity index (χ1) is 8.83. The minimum Gasteiger partial charge on any atom is -0.480 e. The number of ether oxygens (including phenoxy) is 2. The van der Waals surface area contributed by atoms with Gasteiger partial charge in [0.2, 0.25) is 5.88 Å². The van der Waals surface area contributed by atoms with Crippen LogP contribution >= 0.6 is 0 Å². The number of hydrogen-bond acceptors (Lipinski definition) is 5. The molecule has 0 amide bonds. The van der Waals surface area contributed by atoms with Crippen molar-refractivity contribution in [2.75, 3.05) is 14.2 Å². The van der Waals surface area contributed by atoms with Gasteiger partial charge in [0.1, 0.15) is 5.69 Å². The molecular formula is C13H19N3O2. The molecule has 2 fully saturated rings. The fourth-order valence-electron chi connectivity index (χ4n) is 3.29. The van der Waals surface area contributed by atoms with Gasteiger partial charge in [-0.1, -0.05) is 0 Å². The first-order valence-electron chi connectivity index (χ1n) is 6.51. The summed E-state index contributed by atoms with van der Waals surface area (Å²) in [7, 11) is 3.60. The molecule has 1 N–H and O–H groups in total. The molecule has 0 radical (unpaired) electrons. The lowest BCUT2D eigenvalue weighted by molar-refractivity contribution is 0.0857. The second-order valence-electron chi connectivity index (χ2n) is 4.99. The largest absolute Gasteiger partial charge is 0.480 e. The maximum absolute atomic E-state index is 5.93. The molecule has 2 aliphatic rings. The number of fused-ring (bicyclic) bond motifs is 2. The fourth-order valence-corrected chi connectivity index (χ4v) is 3.29. The van der Waals surface area contributed by atoms with E-state index in [1.807, 2.05) is 7.05 Å². The van der Waals surface area contributed by atoms with Crippen molar-refractivity contribution in [1.29, 1.82) is 0 Å². The molecule has 0 spiro atoms. The van der Waals surface area contributed by atoms with Crippen LogP contribution in [-0.4, -0.2) is 36.3 Å². The Balaban J connectivity index is 1.88. The van der Waals surface area contributed by atoms with Crippen molar-refractivity contribution in [1.82, 2.24) is 15.3 Å². The zero-order chi connectivity index (χ0) is 12.5. The molecule has 3 heterocycles. The van der Waals surface area contributed by atoms with Crippen molar-refractivity contribution in [2.45, 2.75) is 37.5 Å². The van der Waals surface area contributed by atoms with E-state index in [9.17, 15) is 0 Å². The Labute approximate surface area is 107 Å². The van der Waals surface area contributed by atoms with Gasteiger partial charge in [0.25, 0.3) is 0 Å². The number of methoxy groups -OCH3 is 1. The molecule has 3 rings (SSSR count). The summed E-state index contributed by atoms with van der Waals surface area (Å²) in [5.41, 5.74) is 0.892. The van der Waals surface area contributed by atoms with Crippen LogP contribution in [0.2, 0.25) is 0 Å². The summed E-state index contributed by atoms with van der Waals surface area (Å²) < 4.78 is 11.2. The molecule has 2 bridgehead atoms. The van der Waals surface area contributed by atoms with E-state index in [-0.39, 0.29) is 6.04 Å². The van der Waals surface area contributed by atoms with E-state index in [1.165, 1.54) is 6.42 Å². The third-order valence-electron chi connectivity index (χ3n) is 4.07. The summed E-state index contributed by atoms with van der Waals surface area (Å²) in [5.74, 6) is 1.08. The molecule has 0 aromatic carbocycles. The highest BCUT2D eigenvalue weighted by Crippen LogP contribution is 2.45. The SMILES string of the molecule is CNC(c1nccnc1OC)C1CC2CCC1O2. The molecule has 4 atom stereocenters. The lowest BCUT2D eigenvalue weighted by atomic mass is 9.82. The summed E-state index contributed by atoms with van der Waals surface area (Å²) >= 11 is 0. The Kier molecular flexibility index (Phi) is 3.18. The minimum atomic E-state index is 0.156. The van der Waals surface area contributed by atoms with Crippen LogP contribution in [0.3, 0.4) is 0 Å². The molecule has 5 nitrogen and oxygen atoms in total. The van der Waals surface area contributed by atoms with E-state index in [0.717, 1.165) is 18.5 Å². The van der Waals surface area contributed by atoms with Gasteiger partial charge < -0.3 is 14.8 Å². The first-order valence-corrected chi connectivity index (χ1v) is 6.51. The Morgan fingerprint density at radius 3 is 2.83 bits per heavy atom. The van der Waals surface area contributed by atoms with Crippen LogP contribution < -0.4 is 10.1 Å². The van der Waals surface area contributed by atoms with Gasteiger partial charge in [0.05, 0.1) is 25.4 Å². The van der Waals surface area contributed by atoms with Crippen molar-refractivity contribution < 1.29 is 9.47 Å². The number of aromatic nitrogens is 2. The zero-order valence-electron chi connectivity index (χ0n) is 10.8. The molecule has 18 heavy (non-hydrogen) atoms. The van der Waals surface area contributed by atoms with E-state index in [0.29, 0.717) is 24.0 Å². The average Bonchev–Trinajstić information content (AvgIpc) is 3.03. The monoisotopic (exact) mass is 249 g/mol. The summed E-state index contributed by atoms with van der Waals surface area (Å²) in [6, 6.07) is 0.156. The molecule has 0 saturated carbocycles. The lowest BCUT2D eigenvalue weighted by Gasteiger charge is -2.28. The molecule has 0 aliphatic carbocycles. The van der Waals surface area contributed by atoms with Crippen LogP contribution in [0.5, 0.6) is 5.88 Å². The van der Waals surface area contributed by atoms with Crippen LogP contribution in [-0.2, 0) is 4.74 Å². The van der Waals surface area contributed by atoms with E-state index in [1.54, 1.807) is 19.5 Å². The van der Waals surface area contributed by atoms with Gasteiger partial charge in [-0.3, -0.25) is 4.98 Å². The topological polar surface area (TPSA) is 56.3 Å². The summed E-state index contributed by atoms with van der Waals surface area (Å²) in [4.78, 5) is 8.68. The second kappa shape index (κ2) is 4.82. The molecule has 1 aromatic rings. The fraction of sp³-hybridized carbons (Fsp3) is 0.692. The van der Waals surface area contributed by atoms with Crippen molar-refractivity contribution in [3.63, 3.8) is 0 Å². The highest BCUT2D eigenvalue weighted by atomic mass is 16.5. The van der Waals surface area contributed by atoms with E-state index < -0.39 is 0 Å². The molecule has 98 valence electrons. The molecule has 1 aromatic heterocycles. The number of hydrogen-bond donors (Lipinski definition) is 1. The highest BCUT2D eigenvalue weighted by molar-refractivity contribution is 5.23. The number of nitrogens with one attached hydrogen (secondary N) is 1. The highest BCUT2D eigenvalue weighted by Gasteiger charge is 2.45. The third-order valence-corrected chi connectivity index (χ3v) is 4.07. The second-order valence-corrected chi connectivity index (χ2v) is 4.99. The van der Waals surface area contributed by atoms with Crippen LogP contribution in [0, 0.1) is 5.92 Å². The van der Waals surface area contributed by atoms with Crippen molar-refractivity contribution in [2.24, 2.45) is 5.92 Å². The minimum absolute atomic E-state index is 0.156. The summed E-state index contributed by atoms with van der Waals surface area (Å²) in [6.07, 6.45) is 7.65.